The monoisotopic (exact) mass is 367 g/mol. The lowest BCUT2D eigenvalue weighted by Gasteiger charge is -2.29. The van der Waals surface area contributed by atoms with Gasteiger partial charge in [0.2, 0.25) is 0 Å². The molecular weight excluding hydrogens is 350 g/mol. The molecule has 7 heteroatoms. The van der Waals surface area contributed by atoms with Gasteiger partial charge in [0.05, 0.1) is 5.69 Å². The molecular formula is C17H18ClNO4S. The Balaban J connectivity index is 2.37. The number of carboxylic acids is 1. The molecule has 0 radical (unpaired) electrons. The number of hydrogen-bond acceptors (Lipinski definition) is 2. The Morgan fingerprint density at radius 3 is 1.88 bits per heavy atom. The zero-order valence-corrected chi connectivity index (χ0v) is 14.8. The molecule has 2 aromatic carbocycles. The fourth-order valence-electron chi connectivity index (χ4n) is 2.45. The van der Waals surface area contributed by atoms with E-state index in [0.29, 0.717) is 10.7 Å². The van der Waals surface area contributed by atoms with Gasteiger partial charge in [-0.1, -0.05) is 49.7 Å². The SMILES string of the molecule is CC(C)C(C(=O)O)N(c1ccc(-c2ccc(Cl)cc2)cc1)S(=O)O. The van der Waals surface area contributed by atoms with Gasteiger partial charge < -0.3 is 5.11 Å². The minimum atomic E-state index is -2.44. The molecule has 2 rings (SSSR count). The lowest BCUT2D eigenvalue weighted by molar-refractivity contribution is -0.139. The first-order valence-electron chi connectivity index (χ1n) is 7.30. The van der Waals surface area contributed by atoms with Crippen LogP contribution in [0.1, 0.15) is 13.8 Å². The maximum Gasteiger partial charge on any atom is 0.327 e. The molecule has 2 N–H and O–H groups in total. The van der Waals surface area contributed by atoms with Crippen molar-refractivity contribution in [2.45, 2.75) is 19.9 Å². The fraction of sp³-hybridized carbons (Fsp3) is 0.235. The number of carboxylic acid groups (broad SMARTS) is 1. The third-order valence-corrected chi connectivity index (χ3v) is 4.63. The van der Waals surface area contributed by atoms with Gasteiger partial charge in [0, 0.05) is 5.02 Å². The highest BCUT2D eigenvalue weighted by molar-refractivity contribution is 7.80. The Morgan fingerprint density at radius 1 is 1.04 bits per heavy atom. The minimum absolute atomic E-state index is 0.338. The molecule has 0 aliphatic heterocycles. The quantitative estimate of drug-likeness (QED) is 0.755. The van der Waals surface area contributed by atoms with E-state index in [1.807, 2.05) is 12.1 Å². The highest BCUT2D eigenvalue weighted by atomic mass is 35.5. The Morgan fingerprint density at radius 2 is 1.50 bits per heavy atom. The second-order valence-electron chi connectivity index (χ2n) is 5.64. The number of rotatable bonds is 6. The second kappa shape index (κ2) is 7.79. The van der Waals surface area contributed by atoms with Crippen molar-refractivity contribution in [3.05, 3.63) is 53.6 Å². The normalized spacial score (nSPS) is 13.5. The van der Waals surface area contributed by atoms with Crippen LogP contribution in [-0.4, -0.2) is 25.9 Å². The molecule has 2 aromatic rings. The van der Waals surface area contributed by atoms with Crippen LogP contribution in [0.5, 0.6) is 0 Å². The molecule has 0 aliphatic carbocycles. The Hall–Kier alpha value is -1.89. The molecule has 0 aliphatic rings. The summed E-state index contributed by atoms with van der Waals surface area (Å²) in [5.74, 6) is -1.48. The van der Waals surface area contributed by atoms with Crippen molar-refractivity contribution in [3.8, 4) is 11.1 Å². The van der Waals surface area contributed by atoms with Crippen molar-refractivity contribution in [1.82, 2.24) is 0 Å². The molecule has 5 nitrogen and oxygen atoms in total. The highest BCUT2D eigenvalue weighted by Crippen LogP contribution is 2.27. The van der Waals surface area contributed by atoms with E-state index in [1.165, 1.54) is 0 Å². The average molecular weight is 368 g/mol. The second-order valence-corrected chi connectivity index (χ2v) is 6.93. The van der Waals surface area contributed by atoms with Crippen LogP contribution in [0.3, 0.4) is 0 Å². The average Bonchev–Trinajstić information content (AvgIpc) is 2.52. The van der Waals surface area contributed by atoms with Gasteiger partial charge in [0.1, 0.15) is 6.04 Å². The van der Waals surface area contributed by atoms with E-state index in [4.69, 9.17) is 11.6 Å². The number of hydrogen-bond donors (Lipinski definition) is 2. The number of anilines is 1. The maximum atomic E-state index is 11.7. The van der Waals surface area contributed by atoms with Crippen LogP contribution in [0, 0.1) is 5.92 Å². The molecule has 2 atom stereocenters. The van der Waals surface area contributed by atoms with Crippen molar-refractivity contribution in [2.24, 2.45) is 5.92 Å². The lowest BCUT2D eigenvalue weighted by atomic mass is 10.0. The molecule has 0 spiro atoms. The summed E-state index contributed by atoms with van der Waals surface area (Å²) in [4.78, 5) is 11.5. The summed E-state index contributed by atoms with van der Waals surface area (Å²) in [5.41, 5.74) is 2.21. The summed E-state index contributed by atoms with van der Waals surface area (Å²) >= 11 is 3.43. The summed E-state index contributed by atoms with van der Waals surface area (Å²) in [6.07, 6.45) is 0. The number of aliphatic carboxylic acids is 1. The molecule has 2 unspecified atom stereocenters. The van der Waals surface area contributed by atoms with Crippen LogP contribution >= 0.6 is 11.6 Å². The van der Waals surface area contributed by atoms with E-state index in [0.717, 1.165) is 15.4 Å². The maximum absolute atomic E-state index is 11.7. The smallest absolute Gasteiger partial charge is 0.327 e. The predicted octanol–water partition coefficient (Wildman–Crippen LogP) is 4.06. The standard InChI is InChI=1S/C17H18ClNO4S/c1-11(2)16(17(20)21)19(24(22)23)15-9-5-13(6-10-15)12-3-7-14(18)8-4-12/h3-11,16H,1-2H3,(H,20,21)(H,22,23). The molecule has 0 fully saturated rings. The van der Waals surface area contributed by atoms with Gasteiger partial charge in [-0.05, 0) is 41.3 Å². The molecule has 0 saturated carbocycles. The first kappa shape index (κ1) is 18.4. The first-order chi connectivity index (χ1) is 11.3. The van der Waals surface area contributed by atoms with Crippen molar-refractivity contribution in [1.29, 1.82) is 0 Å². The number of benzene rings is 2. The summed E-state index contributed by atoms with van der Waals surface area (Å²) in [6, 6.07) is 13.0. The fourth-order valence-corrected chi connectivity index (χ4v) is 3.40. The van der Waals surface area contributed by atoms with Crippen molar-refractivity contribution in [2.75, 3.05) is 4.31 Å². The molecule has 0 bridgehead atoms. The van der Waals surface area contributed by atoms with Crippen LogP contribution in [0.4, 0.5) is 5.69 Å². The third-order valence-electron chi connectivity index (χ3n) is 3.60. The summed E-state index contributed by atoms with van der Waals surface area (Å²) < 4.78 is 22.3. The van der Waals surface area contributed by atoms with Crippen LogP contribution in [0.25, 0.3) is 11.1 Å². The minimum Gasteiger partial charge on any atom is -0.480 e. The Bertz CT molecular complexity index is 731. The highest BCUT2D eigenvalue weighted by Gasteiger charge is 2.32. The lowest BCUT2D eigenvalue weighted by Crippen LogP contribution is -2.45. The summed E-state index contributed by atoms with van der Waals surface area (Å²) in [5, 5.41) is 10.0. The summed E-state index contributed by atoms with van der Waals surface area (Å²) in [6.45, 7) is 3.39. The van der Waals surface area contributed by atoms with E-state index < -0.39 is 23.3 Å². The Labute approximate surface area is 148 Å². The van der Waals surface area contributed by atoms with E-state index in [1.54, 1.807) is 50.2 Å². The molecule has 24 heavy (non-hydrogen) atoms. The molecule has 0 heterocycles. The molecule has 128 valence electrons. The largest absolute Gasteiger partial charge is 0.480 e. The van der Waals surface area contributed by atoms with Crippen LogP contribution in [0.2, 0.25) is 5.02 Å². The van der Waals surface area contributed by atoms with Gasteiger partial charge in [-0.25, -0.2) is 9.00 Å². The van der Waals surface area contributed by atoms with Crippen LogP contribution in [0.15, 0.2) is 48.5 Å². The predicted molar refractivity (Wildman–Crippen MR) is 96.4 cm³/mol. The van der Waals surface area contributed by atoms with E-state index in [-0.39, 0.29) is 5.92 Å². The van der Waals surface area contributed by atoms with Gasteiger partial charge in [0.25, 0.3) is 11.3 Å². The van der Waals surface area contributed by atoms with Crippen LogP contribution < -0.4 is 4.31 Å². The van der Waals surface area contributed by atoms with Crippen molar-refractivity contribution < 1.29 is 18.7 Å². The number of nitrogens with zero attached hydrogens (tertiary/aromatic N) is 1. The van der Waals surface area contributed by atoms with E-state index in [2.05, 4.69) is 0 Å². The van der Waals surface area contributed by atoms with E-state index >= 15 is 0 Å². The number of carbonyl (C=O) groups is 1. The zero-order chi connectivity index (χ0) is 17.9. The van der Waals surface area contributed by atoms with Gasteiger partial charge in [0.15, 0.2) is 0 Å². The zero-order valence-electron chi connectivity index (χ0n) is 13.2. The number of halogens is 1. The van der Waals surface area contributed by atoms with Gasteiger partial charge in [-0.15, -0.1) is 0 Å². The topological polar surface area (TPSA) is 77.8 Å². The van der Waals surface area contributed by atoms with Gasteiger partial charge >= 0.3 is 5.97 Å². The van der Waals surface area contributed by atoms with Gasteiger partial charge in [-0.3, -0.25) is 8.86 Å². The van der Waals surface area contributed by atoms with Crippen molar-refractivity contribution in [3.63, 3.8) is 0 Å². The van der Waals surface area contributed by atoms with Gasteiger partial charge in [-0.2, -0.15) is 0 Å². The van der Waals surface area contributed by atoms with E-state index in [9.17, 15) is 18.7 Å². The summed E-state index contributed by atoms with van der Waals surface area (Å²) in [7, 11) is 0. The molecule has 0 amide bonds. The third kappa shape index (κ3) is 4.14. The molecule has 0 aromatic heterocycles. The Kier molecular flexibility index (Phi) is 5.99. The molecule has 0 saturated heterocycles. The first-order valence-corrected chi connectivity index (χ1v) is 8.74. The van der Waals surface area contributed by atoms with Crippen LogP contribution in [-0.2, 0) is 16.1 Å². The van der Waals surface area contributed by atoms with Crippen molar-refractivity contribution >= 4 is 34.5 Å².